The lowest BCUT2D eigenvalue weighted by atomic mass is 10.0. The monoisotopic (exact) mass is 245 g/mol. The molecule has 2 aromatic rings. The second-order valence-electron chi connectivity index (χ2n) is 4.69. The SMILES string of the molecule is CCN1CCc2c([nH]c3ccc([N+](=O)[O-])cc23)C1. The van der Waals surface area contributed by atoms with Gasteiger partial charge in [0.25, 0.3) is 5.69 Å². The van der Waals surface area contributed by atoms with Gasteiger partial charge in [-0.25, -0.2) is 0 Å². The number of hydrogen-bond donors (Lipinski definition) is 1. The van der Waals surface area contributed by atoms with Crippen LogP contribution in [0.1, 0.15) is 18.2 Å². The third-order valence-electron chi connectivity index (χ3n) is 3.70. The minimum absolute atomic E-state index is 0.169. The lowest BCUT2D eigenvalue weighted by molar-refractivity contribution is -0.384. The molecule has 1 aliphatic heterocycles. The fraction of sp³-hybridized carbons (Fsp3) is 0.385. The quantitative estimate of drug-likeness (QED) is 0.653. The predicted molar refractivity (Wildman–Crippen MR) is 69.6 cm³/mol. The van der Waals surface area contributed by atoms with Crippen molar-refractivity contribution in [3.05, 3.63) is 39.6 Å². The van der Waals surface area contributed by atoms with E-state index in [2.05, 4.69) is 16.8 Å². The number of nitro benzene ring substituents is 1. The van der Waals surface area contributed by atoms with E-state index < -0.39 is 0 Å². The molecule has 1 aliphatic rings. The molecule has 1 aromatic carbocycles. The van der Waals surface area contributed by atoms with Gasteiger partial charge in [-0.3, -0.25) is 15.0 Å². The minimum atomic E-state index is -0.333. The highest BCUT2D eigenvalue weighted by Crippen LogP contribution is 2.30. The Labute approximate surface area is 105 Å². The number of non-ortho nitro benzene ring substituents is 1. The summed E-state index contributed by atoms with van der Waals surface area (Å²) in [7, 11) is 0. The zero-order valence-electron chi connectivity index (χ0n) is 10.3. The zero-order chi connectivity index (χ0) is 12.7. The van der Waals surface area contributed by atoms with Crippen LogP contribution in [-0.2, 0) is 13.0 Å². The Balaban J connectivity index is 2.11. The molecule has 0 spiro atoms. The molecule has 0 aliphatic carbocycles. The van der Waals surface area contributed by atoms with E-state index in [-0.39, 0.29) is 10.6 Å². The predicted octanol–water partition coefficient (Wildman–Crippen LogP) is 2.45. The number of rotatable bonds is 2. The Morgan fingerprint density at radius 1 is 1.50 bits per heavy atom. The van der Waals surface area contributed by atoms with Gasteiger partial charge in [0, 0.05) is 41.8 Å². The van der Waals surface area contributed by atoms with Crippen LogP contribution in [0, 0.1) is 10.1 Å². The lowest BCUT2D eigenvalue weighted by Crippen LogP contribution is -2.29. The molecule has 0 saturated carbocycles. The van der Waals surface area contributed by atoms with Crippen LogP contribution in [0.5, 0.6) is 0 Å². The topological polar surface area (TPSA) is 62.2 Å². The van der Waals surface area contributed by atoms with Gasteiger partial charge in [-0.2, -0.15) is 0 Å². The summed E-state index contributed by atoms with van der Waals surface area (Å²) in [6.07, 6.45) is 0.963. The summed E-state index contributed by atoms with van der Waals surface area (Å²) >= 11 is 0. The van der Waals surface area contributed by atoms with Gasteiger partial charge in [-0.15, -0.1) is 0 Å². The van der Waals surface area contributed by atoms with Gasteiger partial charge in [0.05, 0.1) is 4.92 Å². The van der Waals surface area contributed by atoms with Crippen molar-refractivity contribution in [1.29, 1.82) is 0 Å². The van der Waals surface area contributed by atoms with Crippen LogP contribution < -0.4 is 0 Å². The molecule has 5 heteroatoms. The molecule has 0 unspecified atom stereocenters. The average molecular weight is 245 g/mol. The summed E-state index contributed by atoms with van der Waals surface area (Å²) in [6, 6.07) is 5.05. The number of hydrogen-bond acceptors (Lipinski definition) is 3. The van der Waals surface area contributed by atoms with Crippen molar-refractivity contribution in [2.45, 2.75) is 19.9 Å². The number of likely N-dealkylation sites (N-methyl/N-ethyl adjacent to an activating group) is 1. The Bertz CT molecular complexity index is 618. The van der Waals surface area contributed by atoms with Crippen molar-refractivity contribution >= 4 is 16.6 Å². The Morgan fingerprint density at radius 2 is 2.33 bits per heavy atom. The van der Waals surface area contributed by atoms with E-state index >= 15 is 0 Å². The summed E-state index contributed by atoms with van der Waals surface area (Å²) < 4.78 is 0. The molecule has 18 heavy (non-hydrogen) atoms. The maximum absolute atomic E-state index is 10.8. The van der Waals surface area contributed by atoms with E-state index in [9.17, 15) is 10.1 Å². The average Bonchev–Trinajstić information content (AvgIpc) is 2.74. The number of aromatic amines is 1. The van der Waals surface area contributed by atoms with E-state index in [1.165, 1.54) is 11.3 Å². The normalized spacial score (nSPS) is 15.8. The molecule has 0 amide bonds. The molecule has 1 aromatic heterocycles. The van der Waals surface area contributed by atoms with Gasteiger partial charge in [0.2, 0.25) is 0 Å². The summed E-state index contributed by atoms with van der Waals surface area (Å²) in [5, 5.41) is 11.8. The number of H-pyrrole nitrogens is 1. The van der Waals surface area contributed by atoms with Crippen molar-refractivity contribution in [2.24, 2.45) is 0 Å². The highest BCUT2D eigenvalue weighted by Gasteiger charge is 2.20. The van der Waals surface area contributed by atoms with E-state index in [0.717, 1.165) is 37.0 Å². The largest absolute Gasteiger partial charge is 0.357 e. The molecule has 0 radical (unpaired) electrons. The van der Waals surface area contributed by atoms with E-state index in [4.69, 9.17) is 0 Å². The molecule has 94 valence electrons. The van der Waals surface area contributed by atoms with Gasteiger partial charge in [-0.05, 0) is 24.6 Å². The van der Waals surface area contributed by atoms with Crippen molar-refractivity contribution in [2.75, 3.05) is 13.1 Å². The van der Waals surface area contributed by atoms with Crippen molar-refractivity contribution < 1.29 is 4.92 Å². The van der Waals surface area contributed by atoms with Crippen molar-refractivity contribution in [3.63, 3.8) is 0 Å². The number of benzene rings is 1. The van der Waals surface area contributed by atoms with Gasteiger partial charge in [0.15, 0.2) is 0 Å². The maximum Gasteiger partial charge on any atom is 0.270 e. The molecule has 0 fully saturated rings. The molecule has 1 N–H and O–H groups in total. The maximum atomic E-state index is 10.8. The highest BCUT2D eigenvalue weighted by molar-refractivity contribution is 5.87. The first-order chi connectivity index (χ1) is 8.69. The summed E-state index contributed by atoms with van der Waals surface area (Å²) in [4.78, 5) is 16.2. The molecular formula is C13H15N3O2. The van der Waals surface area contributed by atoms with Crippen LogP contribution in [0.3, 0.4) is 0 Å². The Morgan fingerprint density at radius 3 is 3.06 bits per heavy atom. The van der Waals surface area contributed by atoms with Crippen LogP contribution in [0.25, 0.3) is 10.9 Å². The minimum Gasteiger partial charge on any atom is -0.357 e. The first-order valence-corrected chi connectivity index (χ1v) is 6.19. The number of nitrogens with zero attached hydrogens (tertiary/aromatic N) is 2. The fourth-order valence-electron chi connectivity index (χ4n) is 2.67. The smallest absolute Gasteiger partial charge is 0.270 e. The summed E-state index contributed by atoms with van der Waals surface area (Å²) in [5.74, 6) is 0. The van der Waals surface area contributed by atoms with Gasteiger partial charge in [-0.1, -0.05) is 6.92 Å². The van der Waals surface area contributed by atoms with Crippen molar-refractivity contribution in [3.8, 4) is 0 Å². The molecule has 5 nitrogen and oxygen atoms in total. The van der Waals surface area contributed by atoms with E-state index in [1.54, 1.807) is 12.1 Å². The number of nitrogens with one attached hydrogen (secondary N) is 1. The first kappa shape index (κ1) is 11.2. The fourth-order valence-corrected chi connectivity index (χ4v) is 2.67. The van der Waals surface area contributed by atoms with Crippen LogP contribution >= 0.6 is 0 Å². The summed E-state index contributed by atoms with van der Waals surface area (Å²) in [5.41, 5.74) is 3.63. The molecular weight excluding hydrogens is 230 g/mol. The second-order valence-corrected chi connectivity index (χ2v) is 4.69. The molecule has 0 saturated heterocycles. The number of fused-ring (bicyclic) bond motifs is 3. The second kappa shape index (κ2) is 4.10. The van der Waals surface area contributed by atoms with Crippen LogP contribution in [0.4, 0.5) is 5.69 Å². The van der Waals surface area contributed by atoms with Crippen LogP contribution in [0.2, 0.25) is 0 Å². The van der Waals surface area contributed by atoms with E-state index in [0.29, 0.717) is 0 Å². The van der Waals surface area contributed by atoms with E-state index in [1.807, 2.05) is 6.07 Å². The Kier molecular flexibility index (Phi) is 2.56. The molecule has 3 rings (SSSR count). The van der Waals surface area contributed by atoms with Gasteiger partial charge >= 0.3 is 0 Å². The molecule has 0 bridgehead atoms. The van der Waals surface area contributed by atoms with Crippen molar-refractivity contribution in [1.82, 2.24) is 9.88 Å². The number of nitro groups is 1. The third kappa shape index (κ3) is 1.67. The van der Waals surface area contributed by atoms with Crippen LogP contribution in [0.15, 0.2) is 18.2 Å². The number of aromatic nitrogens is 1. The van der Waals surface area contributed by atoms with Gasteiger partial charge < -0.3 is 4.98 Å². The highest BCUT2D eigenvalue weighted by atomic mass is 16.6. The Hall–Kier alpha value is -1.88. The molecule has 2 heterocycles. The first-order valence-electron chi connectivity index (χ1n) is 6.19. The zero-order valence-corrected chi connectivity index (χ0v) is 10.3. The van der Waals surface area contributed by atoms with Crippen LogP contribution in [-0.4, -0.2) is 27.9 Å². The molecule has 0 atom stereocenters. The summed E-state index contributed by atoms with van der Waals surface area (Å²) in [6.45, 7) is 5.13. The van der Waals surface area contributed by atoms with Gasteiger partial charge in [0.1, 0.15) is 0 Å². The third-order valence-corrected chi connectivity index (χ3v) is 3.70. The lowest BCUT2D eigenvalue weighted by Gasteiger charge is -2.25. The standard InChI is InChI=1S/C13H15N3O2/c1-2-15-6-5-10-11-7-9(16(17)18)3-4-12(11)14-13(10)8-15/h3-4,7,14H,2,5-6,8H2,1H3.